The van der Waals surface area contributed by atoms with E-state index in [1.807, 2.05) is 23.2 Å². The molecule has 7 heteroatoms. The first kappa shape index (κ1) is 14.6. The third kappa shape index (κ3) is 2.70. The third-order valence-corrected chi connectivity index (χ3v) is 5.00. The number of thiazole rings is 1. The van der Waals surface area contributed by atoms with Gasteiger partial charge in [-0.15, -0.1) is 11.3 Å². The molecule has 23 heavy (non-hydrogen) atoms. The van der Waals surface area contributed by atoms with Gasteiger partial charge < -0.3 is 9.47 Å². The standard InChI is InChI=1S/C16H18FN5S/c1-20-14-4-2-3-13(17)15(14)19-16(20)22-7-5-21(6-8-22)9-12-10-23-11-18-12/h2-4,10-11H,5-9H2,1H3. The van der Waals surface area contributed by atoms with Crippen LogP contribution in [0.15, 0.2) is 29.1 Å². The minimum atomic E-state index is -0.258. The summed E-state index contributed by atoms with van der Waals surface area (Å²) in [6, 6.07) is 5.10. The molecule has 0 unspecified atom stereocenters. The summed E-state index contributed by atoms with van der Waals surface area (Å²) in [5, 5.41) is 2.10. The topological polar surface area (TPSA) is 37.2 Å². The SMILES string of the molecule is Cn1c(N2CCN(Cc3cscn3)CC2)nc2c(F)cccc21. The fraction of sp³-hybridized carbons (Fsp3) is 0.375. The van der Waals surface area contributed by atoms with Crippen LogP contribution in [0.3, 0.4) is 0 Å². The highest BCUT2D eigenvalue weighted by Crippen LogP contribution is 2.24. The molecule has 0 atom stereocenters. The van der Waals surface area contributed by atoms with Gasteiger partial charge in [0.2, 0.25) is 5.95 Å². The maximum absolute atomic E-state index is 13.9. The van der Waals surface area contributed by atoms with E-state index in [9.17, 15) is 4.39 Å². The first-order valence-electron chi connectivity index (χ1n) is 7.67. The molecule has 0 N–H and O–H groups in total. The van der Waals surface area contributed by atoms with Crippen LogP contribution in [0.2, 0.25) is 0 Å². The summed E-state index contributed by atoms with van der Waals surface area (Å²) in [7, 11) is 1.95. The van der Waals surface area contributed by atoms with Crippen molar-refractivity contribution in [3.05, 3.63) is 40.6 Å². The molecule has 1 saturated heterocycles. The lowest BCUT2D eigenvalue weighted by Crippen LogP contribution is -2.46. The Morgan fingerprint density at radius 3 is 2.74 bits per heavy atom. The molecule has 1 aliphatic rings. The lowest BCUT2D eigenvalue weighted by atomic mass is 10.3. The number of piperazine rings is 1. The van der Waals surface area contributed by atoms with Crippen molar-refractivity contribution in [1.29, 1.82) is 0 Å². The monoisotopic (exact) mass is 331 g/mol. The molecule has 1 aromatic carbocycles. The van der Waals surface area contributed by atoms with E-state index >= 15 is 0 Å². The first-order chi connectivity index (χ1) is 11.2. The van der Waals surface area contributed by atoms with Crippen molar-refractivity contribution in [2.24, 2.45) is 7.05 Å². The van der Waals surface area contributed by atoms with Gasteiger partial charge in [-0.1, -0.05) is 6.07 Å². The van der Waals surface area contributed by atoms with Crippen molar-refractivity contribution in [1.82, 2.24) is 19.4 Å². The molecule has 5 nitrogen and oxygen atoms in total. The molecule has 0 radical (unpaired) electrons. The number of fused-ring (bicyclic) bond motifs is 1. The predicted molar refractivity (Wildman–Crippen MR) is 90.3 cm³/mol. The lowest BCUT2D eigenvalue weighted by Gasteiger charge is -2.34. The molecule has 3 aromatic rings. The van der Waals surface area contributed by atoms with Crippen molar-refractivity contribution >= 4 is 28.3 Å². The highest BCUT2D eigenvalue weighted by atomic mass is 32.1. The van der Waals surface area contributed by atoms with Crippen molar-refractivity contribution in [2.45, 2.75) is 6.54 Å². The second-order valence-corrected chi connectivity index (χ2v) is 6.54. The van der Waals surface area contributed by atoms with Crippen LogP contribution in [-0.2, 0) is 13.6 Å². The molecule has 1 aliphatic heterocycles. The number of rotatable bonds is 3. The van der Waals surface area contributed by atoms with Gasteiger partial charge in [0, 0.05) is 45.2 Å². The van der Waals surface area contributed by atoms with Crippen LogP contribution in [-0.4, -0.2) is 45.6 Å². The summed E-state index contributed by atoms with van der Waals surface area (Å²) >= 11 is 1.63. The normalized spacial score (nSPS) is 16.3. The Labute approximate surface area is 138 Å². The predicted octanol–water partition coefficient (Wildman–Crippen LogP) is 2.49. The van der Waals surface area contributed by atoms with Crippen LogP contribution < -0.4 is 4.90 Å². The number of imidazole rings is 1. The molecule has 2 aromatic heterocycles. The molecular formula is C16H18FN5S. The van der Waals surface area contributed by atoms with Crippen LogP contribution in [0.1, 0.15) is 5.69 Å². The van der Waals surface area contributed by atoms with Gasteiger partial charge in [-0.3, -0.25) is 4.90 Å². The maximum atomic E-state index is 13.9. The van der Waals surface area contributed by atoms with Gasteiger partial charge in [-0.2, -0.15) is 0 Å². The second-order valence-electron chi connectivity index (χ2n) is 5.82. The molecule has 0 spiro atoms. The van der Waals surface area contributed by atoms with E-state index < -0.39 is 0 Å². The van der Waals surface area contributed by atoms with E-state index in [1.54, 1.807) is 17.4 Å². The molecule has 0 aliphatic carbocycles. The Morgan fingerprint density at radius 2 is 2.04 bits per heavy atom. The number of aryl methyl sites for hydroxylation is 1. The van der Waals surface area contributed by atoms with Crippen molar-refractivity contribution in [3.8, 4) is 0 Å². The Balaban J connectivity index is 1.50. The minimum absolute atomic E-state index is 0.258. The van der Waals surface area contributed by atoms with Crippen LogP contribution >= 0.6 is 11.3 Å². The Bertz CT molecular complexity index is 805. The van der Waals surface area contributed by atoms with E-state index in [1.165, 1.54) is 6.07 Å². The van der Waals surface area contributed by atoms with Gasteiger partial charge >= 0.3 is 0 Å². The van der Waals surface area contributed by atoms with Crippen molar-refractivity contribution < 1.29 is 4.39 Å². The lowest BCUT2D eigenvalue weighted by molar-refractivity contribution is 0.246. The number of hydrogen-bond donors (Lipinski definition) is 0. The van der Waals surface area contributed by atoms with Crippen LogP contribution in [0.4, 0.5) is 10.3 Å². The summed E-state index contributed by atoms with van der Waals surface area (Å²) in [6.45, 7) is 4.60. The number of nitrogens with zero attached hydrogens (tertiary/aromatic N) is 5. The third-order valence-electron chi connectivity index (χ3n) is 4.36. The van der Waals surface area contributed by atoms with E-state index in [0.29, 0.717) is 5.52 Å². The zero-order valence-electron chi connectivity index (χ0n) is 12.9. The van der Waals surface area contributed by atoms with Crippen molar-refractivity contribution in [2.75, 3.05) is 31.1 Å². The van der Waals surface area contributed by atoms with Gasteiger partial charge in [-0.25, -0.2) is 14.4 Å². The van der Waals surface area contributed by atoms with E-state index in [-0.39, 0.29) is 5.82 Å². The summed E-state index contributed by atoms with van der Waals surface area (Å²) in [4.78, 5) is 13.5. The number of para-hydroxylation sites is 1. The Hall–Kier alpha value is -1.99. The summed E-state index contributed by atoms with van der Waals surface area (Å²) in [5.41, 5.74) is 4.30. The van der Waals surface area contributed by atoms with Crippen molar-refractivity contribution in [3.63, 3.8) is 0 Å². The molecule has 1 fully saturated rings. The molecule has 0 bridgehead atoms. The molecular weight excluding hydrogens is 313 g/mol. The highest BCUT2D eigenvalue weighted by molar-refractivity contribution is 7.07. The summed E-state index contributed by atoms with van der Waals surface area (Å²) in [5.74, 6) is 0.588. The molecule has 0 amide bonds. The Kier molecular flexibility index (Phi) is 3.74. The van der Waals surface area contributed by atoms with Crippen LogP contribution in [0.5, 0.6) is 0 Å². The maximum Gasteiger partial charge on any atom is 0.206 e. The number of benzene rings is 1. The molecule has 120 valence electrons. The van der Waals surface area contributed by atoms with Gasteiger partial charge in [0.1, 0.15) is 5.52 Å². The van der Waals surface area contributed by atoms with E-state index in [2.05, 4.69) is 25.1 Å². The average molecular weight is 331 g/mol. The molecule has 0 saturated carbocycles. The first-order valence-corrected chi connectivity index (χ1v) is 8.62. The zero-order valence-corrected chi connectivity index (χ0v) is 13.8. The molecule has 4 rings (SSSR count). The number of halogens is 1. The number of aromatic nitrogens is 3. The summed E-state index contributed by atoms with van der Waals surface area (Å²) < 4.78 is 15.9. The summed E-state index contributed by atoms with van der Waals surface area (Å²) in [6.07, 6.45) is 0. The second kappa shape index (κ2) is 5.90. The fourth-order valence-electron chi connectivity index (χ4n) is 3.10. The quantitative estimate of drug-likeness (QED) is 0.739. The van der Waals surface area contributed by atoms with Gasteiger partial charge in [0.15, 0.2) is 5.82 Å². The average Bonchev–Trinajstić information content (AvgIpc) is 3.18. The highest BCUT2D eigenvalue weighted by Gasteiger charge is 2.22. The largest absolute Gasteiger partial charge is 0.340 e. The zero-order chi connectivity index (χ0) is 15.8. The molecule has 3 heterocycles. The van der Waals surface area contributed by atoms with Gasteiger partial charge in [0.05, 0.1) is 16.7 Å². The smallest absolute Gasteiger partial charge is 0.206 e. The van der Waals surface area contributed by atoms with Crippen LogP contribution in [0, 0.1) is 5.82 Å². The van der Waals surface area contributed by atoms with Crippen LogP contribution in [0.25, 0.3) is 11.0 Å². The van der Waals surface area contributed by atoms with E-state index in [4.69, 9.17) is 0 Å². The minimum Gasteiger partial charge on any atom is -0.340 e. The Morgan fingerprint density at radius 1 is 1.22 bits per heavy atom. The number of anilines is 1. The van der Waals surface area contributed by atoms with Gasteiger partial charge in [-0.05, 0) is 12.1 Å². The number of hydrogen-bond acceptors (Lipinski definition) is 5. The van der Waals surface area contributed by atoms with Gasteiger partial charge in [0.25, 0.3) is 0 Å². The van der Waals surface area contributed by atoms with E-state index in [0.717, 1.165) is 49.9 Å². The fourth-order valence-corrected chi connectivity index (χ4v) is 3.65.